The van der Waals surface area contributed by atoms with E-state index in [1.54, 1.807) is 24.3 Å². The first-order valence-corrected chi connectivity index (χ1v) is 13.1. The monoisotopic (exact) mass is 489 g/mol. The standard InChI is InChI=1S/C25H35N3O5S/c1-7-21(25(30)26-18(2)3)27(16-20-14-12-19(4)13-15-20)24(29)17-28(34(6,31)32)22-10-8-9-11-23(22)33-5/h8-15,18,21H,7,16-17H2,1-6H3,(H,26,30)/t21-/m0/s1. The minimum atomic E-state index is -3.82. The Hall–Kier alpha value is -3.07. The van der Waals surface area contributed by atoms with Crippen molar-refractivity contribution in [3.63, 3.8) is 0 Å². The van der Waals surface area contributed by atoms with Gasteiger partial charge < -0.3 is 15.0 Å². The van der Waals surface area contributed by atoms with Crippen LogP contribution >= 0.6 is 0 Å². The van der Waals surface area contributed by atoms with E-state index < -0.39 is 28.5 Å². The van der Waals surface area contributed by atoms with Crippen molar-refractivity contribution in [3.8, 4) is 5.75 Å². The van der Waals surface area contributed by atoms with Gasteiger partial charge in [0.25, 0.3) is 0 Å². The zero-order valence-electron chi connectivity index (χ0n) is 20.7. The van der Waals surface area contributed by atoms with E-state index in [1.807, 2.05) is 52.0 Å². The fraction of sp³-hybridized carbons (Fsp3) is 0.440. The van der Waals surface area contributed by atoms with Gasteiger partial charge in [-0.3, -0.25) is 13.9 Å². The van der Waals surface area contributed by atoms with Crippen LogP contribution in [-0.2, 0) is 26.2 Å². The first kappa shape index (κ1) is 27.2. The first-order chi connectivity index (χ1) is 16.0. The Labute approximate surface area is 202 Å². The van der Waals surface area contributed by atoms with Crippen LogP contribution in [0, 0.1) is 6.92 Å². The topological polar surface area (TPSA) is 96.0 Å². The fourth-order valence-electron chi connectivity index (χ4n) is 3.62. The third-order valence-corrected chi connectivity index (χ3v) is 6.45. The van der Waals surface area contributed by atoms with E-state index in [-0.39, 0.29) is 24.2 Å². The van der Waals surface area contributed by atoms with Gasteiger partial charge in [0.1, 0.15) is 18.3 Å². The van der Waals surface area contributed by atoms with Gasteiger partial charge in [0.05, 0.1) is 19.1 Å². The van der Waals surface area contributed by atoms with Crippen LogP contribution in [-0.4, -0.2) is 57.1 Å². The highest BCUT2D eigenvalue weighted by Gasteiger charge is 2.32. The molecule has 2 rings (SSSR count). The Kier molecular flexibility index (Phi) is 9.49. The van der Waals surface area contributed by atoms with Gasteiger partial charge in [0.2, 0.25) is 21.8 Å². The SMILES string of the molecule is CC[C@@H](C(=O)NC(C)C)N(Cc1ccc(C)cc1)C(=O)CN(c1ccccc1OC)S(C)(=O)=O. The Morgan fingerprint density at radius 1 is 1.06 bits per heavy atom. The van der Waals surface area contributed by atoms with Crippen molar-refractivity contribution >= 4 is 27.5 Å². The molecular weight excluding hydrogens is 454 g/mol. The molecule has 0 spiro atoms. The zero-order chi connectivity index (χ0) is 25.5. The molecule has 0 heterocycles. The van der Waals surface area contributed by atoms with E-state index in [2.05, 4.69) is 5.32 Å². The van der Waals surface area contributed by atoms with E-state index in [4.69, 9.17) is 4.74 Å². The largest absolute Gasteiger partial charge is 0.495 e. The van der Waals surface area contributed by atoms with E-state index in [0.717, 1.165) is 21.7 Å². The second-order valence-electron chi connectivity index (χ2n) is 8.54. The molecule has 0 fully saturated rings. The van der Waals surface area contributed by atoms with Crippen molar-refractivity contribution in [2.24, 2.45) is 0 Å². The summed E-state index contributed by atoms with van der Waals surface area (Å²) in [5.41, 5.74) is 2.18. The van der Waals surface area contributed by atoms with Gasteiger partial charge in [0.15, 0.2) is 0 Å². The van der Waals surface area contributed by atoms with E-state index in [0.29, 0.717) is 12.2 Å². The number of rotatable bonds is 11. The number of ether oxygens (including phenoxy) is 1. The number of hydrogen-bond acceptors (Lipinski definition) is 5. The number of benzene rings is 2. The highest BCUT2D eigenvalue weighted by atomic mass is 32.2. The number of hydrogen-bond donors (Lipinski definition) is 1. The molecule has 0 aromatic heterocycles. The number of aryl methyl sites for hydroxylation is 1. The molecule has 2 aromatic carbocycles. The van der Waals surface area contributed by atoms with Crippen molar-refractivity contribution in [2.75, 3.05) is 24.2 Å². The smallest absolute Gasteiger partial charge is 0.244 e. The van der Waals surface area contributed by atoms with Crippen molar-refractivity contribution in [3.05, 3.63) is 59.7 Å². The van der Waals surface area contributed by atoms with Crippen LogP contribution in [0.4, 0.5) is 5.69 Å². The lowest BCUT2D eigenvalue weighted by atomic mass is 10.1. The van der Waals surface area contributed by atoms with Crippen molar-refractivity contribution in [1.82, 2.24) is 10.2 Å². The van der Waals surface area contributed by atoms with Crippen LogP contribution < -0.4 is 14.4 Å². The number of amides is 2. The summed E-state index contributed by atoms with van der Waals surface area (Å²) in [7, 11) is -2.39. The number of nitrogens with zero attached hydrogens (tertiary/aromatic N) is 2. The van der Waals surface area contributed by atoms with Crippen molar-refractivity contribution in [1.29, 1.82) is 0 Å². The van der Waals surface area contributed by atoms with Crippen LogP contribution in [0.2, 0.25) is 0 Å². The molecule has 34 heavy (non-hydrogen) atoms. The molecule has 8 nitrogen and oxygen atoms in total. The molecular formula is C25H35N3O5S. The molecule has 0 aliphatic carbocycles. The molecule has 0 saturated carbocycles. The maximum absolute atomic E-state index is 13.6. The number of carbonyl (C=O) groups is 2. The molecule has 2 aromatic rings. The van der Waals surface area contributed by atoms with Gasteiger partial charge in [-0.05, 0) is 44.9 Å². The summed E-state index contributed by atoms with van der Waals surface area (Å²) >= 11 is 0. The molecule has 0 unspecified atom stereocenters. The van der Waals surface area contributed by atoms with E-state index in [9.17, 15) is 18.0 Å². The van der Waals surface area contributed by atoms with Crippen molar-refractivity contribution < 1.29 is 22.7 Å². The van der Waals surface area contributed by atoms with E-state index in [1.165, 1.54) is 12.0 Å². The highest BCUT2D eigenvalue weighted by Crippen LogP contribution is 2.29. The summed E-state index contributed by atoms with van der Waals surface area (Å²) in [6.07, 6.45) is 1.42. The number of carbonyl (C=O) groups excluding carboxylic acids is 2. The molecule has 186 valence electrons. The van der Waals surface area contributed by atoms with Gasteiger partial charge in [-0.2, -0.15) is 0 Å². The number of anilines is 1. The Bertz CT molecular complexity index is 1080. The summed E-state index contributed by atoms with van der Waals surface area (Å²) in [5, 5.41) is 2.87. The molecule has 2 amide bonds. The summed E-state index contributed by atoms with van der Waals surface area (Å²) in [6.45, 7) is 7.21. The van der Waals surface area contributed by atoms with Crippen molar-refractivity contribution in [2.45, 2.75) is 52.7 Å². The minimum absolute atomic E-state index is 0.0982. The lowest BCUT2D eigenvalue weighted by molar-refractivity contribution is -0.140. The zero-order valence-corrected chi connectivity index (χ0v) is 21.6. The third kappa shape index (κ3) is 7.21. The normalized spacial score (nSPS) is 12.2. The quantitative estimate of drug-likeness (QED) is 0.523. The summed E-state index contributed by atoms with van der Waals surface area (Å²) in [5.74, 6) is -0.431. The fourth-order valence-corrected chi connectivity index (χ4v) is 4.47. The summed E-state index contributed by atoms with van der Waals surface area (Å²) in [4.78, 5) is 28.1. The van der Waals surface area contributed by atoms with Crippen LogP contribution in [0.25, 0.3) is 0 Å². The molecule has 9 heteroatoms. The van der Waals surface area contributed by atoms with Crippen LogP contribution in [0.5, 0.6) is 5.75 Å². The van der Waals surface area contributed by atoms with Gasteiger partial charge in [-0.25, -0.2) is 8.42 Å². The number of para-hydroxylation sites is 2. The number of nitrogens with one attached hydrogen (secondary N) is 1. The molecule has 0 bridgehead atoms. The second-order valence-corrected chi connectivity index (χ2v) is 10.4. The average molecular weight is 490 g/mol. The molecule has 1 atom stereocenters. The minimum Gasteiger partial charge on any atom is -0.495 e. The maximum atomic E-state index is 13.6. The van der Waals surface area contributed by atoms with Crippen LogP contribution in [0.15, 0.2) is 48.5 Å². The number of sulfonamides is 1. The molecule has 0 saturated heterocycles. The van der Waals surface area contributed by atoms with Gasteiger partial charge in [-0.15, -0.1) is 0 Å². The number of methoxy groups -OCH3 is 1. The molecule has 1 N–H and O–H groups in total. The lowest BCUT2D eigenvalue weighted by Crippen LogP contribution is -2.53. The van der Waals surface area contributed by atoms with Gasteiger partial charge in [0, 0.05) is 12.6 Å². The van der Waals surface area contributed by atoms with Gasteiger partial charge >= 0.3 is 0 Å². The predicted molar refractivity (Wildman–Crippen MR) is 134 cm³/mol. The Morgan fingerprint density at radius 2 is 1.68 bits per heavy atom. The second kappa shape index (κ2) is 11.9. The van der Waals surface area contributed by atoms with Crippen LogP contribution in [0.1, 0.15) is 38.3 Å². The molecule has 0 aliphatic heterocycles. The maximum Gasteiger partial charge on any atom is 0.244 e. The molecule has 0 radical (unpaired) electrons. The first-order valence-electron chi connectivity index (χ1n) is 11.2. The highest BCUT2D eigenvalue weighted by molar-refractivity contribution is 7.92. The Morgan fingerprint density at radius 3 is 2.21 bits per heavy atom. The summed E-state index contributed by atoms with van der Waals surface area (Å²) < 4.78 is 31.7. The molecule has 0 aliphatic rings. The van der Waals surface area contributed by atoms with E-state index >= 15 is 0 Å². The predicted octanol–water partition coefficient (Wildman–Crippen LogP) is 3.10. The summed E-state index contributed by atoms with van der Waals surface area (Å²) in [6, 6.07) is 13.4. The van der Waals surface area contributed by atoms with Gasteiger partial charge in [-0.1, -0.05) is 48.9 Å². The third-order valence-electron chi connectivity index (χ3n) is 5.32. The Balaban J connectivity index is 2.47. The van der Waals surface area contributed by atoms with Crippen LogP contribution in [0.3, 0.4) is 0 Å². The lowest BCUT2D eigenvalue weighted by Gasteiger charge is -2.33. The average Bonchev–Trinajstić information content (AvgIpc) is 2.77.